The third kappa shape index (κ3) is 5.54. The summed E-state index contributed by atoms with van der Waals surface area (Å²) in [7, 11) is 0. The lowest BCUT2D eigenvalue weighted by Gasteiger charge is -1.86. The number of hydrogen-bond acceptors (Lipinski definition) is 3. The molecule has 0 fully saturated rings. The molecule has 1 amide bonds. The van der Waals surface area contributed by atoms with E-state index in [0.717, 1.165) is 0 Å². The van der Waals surface area contributed by atoms with Crippen LogP contribution in [0.5, 0.6) is 0 Å². The molecule has 1 unspecified atom stereocenters. The van der Waals surface area contributed by atoms with Gasteiger partial charge in [-0.25, -0.2) is 5.48 Å². The lowest BCUT2D eigenvalue weighted by atomic mass is 11.5. The monoisotopic (exact) mass is 125 g/mol. The first kappa shape index (κ1) is 6.54. The molecule has 0 bridgehead atoms. The smallest absolute Gasteiger partial charge is 0.282 e. The van der Waals surface area contributed by atoms with Crippen LogP contribution in [0.1, 0.15) is 0 Å². The maximum absolute atomic E-state index is 9.43. The highest BCUT2D eigenvalue weighted by Crippen LogP contribution is 1.65. The van der Waals surface area contributed by atoms with Crippen LogP contribution in [0, 0.1) is 0 Å². The van der Waals surface area contributed by atoms with Crippen molar-refractivity contribution >= 4 is 17.8 Å². The Labute approximate surface area is 42.1 Å². The number of hydroxylamine groups is 1. The maximum atomic E-state index is 9.43. The Balaban J connectivity index is 2.97. The minimum Gasteiger partial charge on any atom is -0.282 e. The Hall–Kier alpha value is -0.460. The fourth-order valence-corrected chi connectivity index (χ4v) is 0.182. The van der Waals surface area contributed by atoms with E-state index in [2.05, 4.69) is 4.28 Å². The van der Waals surface area contributed by atoms with Gasteiger partial charge in [-0.2, -0.15) is 4.21 Å². The van der Waals surface area contributed by atoms with Crippen molar-refractivity contribution in [3.05, 3.63) is 0 Å². The topological polar surface area (TPSA) is 75.6 Å². The van der Waals surface area contributed by atoms with Crippen LogP contribution in [0.25, 0.3) is 0 Å². The van der Waals surface area contributed by atoms with Gasteiger partial charge in [-0.15, -0.1) is 4.28 Å². The van der Waals surface area contributed by atoms with E-state index in [-0.39, 0.29) is 6.41 Å². The quantitative estimate of drug-likeness (QED) is 0.282. The van der Waals surface area contributed by atoms with E-state index in [1.807, 2.05) is 0 Å². The summed E-state index contributed by atoms with van der Waals surface area (Å²) in [5.41, 5.74) is 1.52. The standard InChI is InChI=1S/CH3NO4S/c3-1-2-6-7(4)5/h1H,(H,2,3)(H,4,5). The van der Waals surface area contributed by atoms with Crippen LogP contribution in [0.3, 0.4) is 0 Å². The molecule has 6 heteroatoms. The molecule has 5 nitrogen and oxygen atoms in total. The number of amides is 1. The molecule has 0 aliphatic carbocycles. The summed E-state index contributed by atoms with van der Waals surface area (Å²) in [6.07, 6.45) is 0.147. The molecule has 0 heterocycles. The van der Waals surface area contributed by atoms with E-state index in [9.17, 15) is 9.00 Å². The molecule has 0 saturated heterocycles. The molecule has 42 valence electrons. The summed E-state index contributed by atoms with van der Waals surface area (Å²) >= 11 is -2.41. The molecule has 7 heavy (non-hydrogen) atoms. The van der Waals surface area contributed by atoms with E-state index in [4.69, 9.17) is 4.55 Å². The largest absolute Gasteiger partial charge is 0.324 e. The Bertz CT molecular complexity index is 81.8. The van der Waals surface area contributed by atoms with Gasteiger partial charge in [0.05, 0.1) is 0 Å². The third-order valence-corrected chi connectivity index (χ3v) is 0.406. The van der Waals surface area contributed by atoms with Crippen LogP contribution in [-0.2, 0) is 20.4 Å². The number of rotatable bonds is 3. The van der Waals surface area contributed by atoms with E-state index >= 15 is 0 Å². The van der Waals surface area contributed by atoms with Crippen molar-refractivity contribution in [3.63, 3.8) is 0 Å². The highest BCUT2D eigenvalue weighted by Gasteiger charge is 1.85. The van der Waals surface area contributed by atoms with Crippen molar-refractivity contribution in [2.45, 2.75) is 0 Å². The maximum Gasteiger partial charge on any atom is 0.324 e. The molecule has 0 aliphatic heterocycles. The molecule has 2 N–H and O–H groups in total. The molecular formula is CH3NO4S. The van der Waals surface area contributed by atoms with Gasteiger partial charge in [0.1, 0.15) is 0 Å². The zero-order valence-corrected chi connectivity index (χ0v) is 3.97. The fraction of sp³-hybridized carbons (Fsp3) is 0. The predicted octanol–water partition coefficient (Wildman–Crippen LogP) is -1.20. The van der Waals surface area contributed by atoms with Crippen LogP contribution in [-0.4, -0.2) is 15.2 Å². The first-order chi connectivity index (χ1) is 3.27. The van der Waals surface area contributed by atoms with Gasteiger partial charge in [-0.3, -0.25) is 9.35 Å². The molecule has 0 saturated carbocycles. The second kappa shape index (κ2) is 3.72. The summed E-state index contributed by atoms with van der Waals surface area (Å²) in [4.78, 5) is 9.23. The van der Waals surface area contributed by atoms with Gasteiger partial charge in [0, 0.05) is 0 Å². The summed E-state index contributed by atoms with van der Waals surface area (Å²) in [5.74, 6) is 0. The zero-order valence-electron chi connectivity index (χ0n) is 3.16. The first-order valence-corrected chi connectivity index (χ1v) is 2.28. The van der Waals surface area contributed by atoms with Crippen LogP contribution in [0.4, 0.5) is 0 Å². The van der Waals surface area contributed by atoms with E-state index in [0.29, 0.717) is 0 Å². The third-order valence-electron chi connectivity index (χ3n) is 0.168. The Kier molecular flexibility index (Phi) is 3.48. The van der Waals surface area contributed by atoms with Gasteiger partial charge in [0.25, 0.3) is 0 Å². The van der Waals surface area contributed by atoms with Crippen molar-refractivity contribution in [2.75, 3.05) is 0 Å². The summed E-state index contributed by atoms with van der Waals surface area (Å²) in [6, 6.07) is 0. The van der Waals surface area contributed by atoms with Gasteiger partial charge in [0.2, 0.25) is 6.41 Å². The van der Waals surface area contributed by atoms with Gasteiger partial charge in [-0.1, -0.05) is 0 Å². The fourth-order valence-electron chi connectivity index (χ4n) is 0.0608. The lowest BCUT2D eigenvalue weighted by molar-refractivity contribution is -0.115. The molecule has 1 atom stereocenters. The van der Waals surface area contributed by atoms with Crippen LogP contribution < -0.4 is 5.48 Å². The minimum atomic E-state index is -2.41. The van der Waals surface area contributed by atoms with Gasteiger partial charge < -0.3 is 0 Å². The van der Waals surface area contributed by atoms with E-state index in [1.165, 1.54) is 5.48 Å². The van der Waals surface area contributed by atoms with Crippen LogP contribution in [0.2, 0.25) is 0 Å². The highest BCUT2D eigenvalue weighted by molar-refractivity contribution is 7.74. The Morgan fingerprint density at radius 1 is 1.86 bits per heavy atom. The molecule has 0 spiro atoms. The minimum absolute atomic E-state index is 0.147. The SMILES string of the molecule is O=CNOS(=O)O. The van der Waals surface area contributed by atoms with Crippen molar-refractivity contribution in [2.24, 2.45) is 0 Å². The Morgan fingerprint density at radius 3 is 2.57 bits per heavy atom. The highest BCUT2D eigenvalue weighted by atomic mass is 32.2. The van der Waals surface area contributed by atoms with Gasteiger partial charge in [-0.05, 0) is 0 Å². The van der Waals surface area contributed by atoms with E-state index < -0.39 is 11.4 Å². The van der Waals surface area contributed by atoms with Gasteiger partial charge in [0.15, 0.2) is 0 Å². The lowest BCUT2D eigenvalue weighted by Crippen LogP contribution is -2.12. The number of nitrogens with one attached hydrogen (secondary N) is 1. The average molecular weight is 125 g/mol. The molecular weight excluding hydrogens is 122 g/mol. The van der Waals surface area contributed by atoms with Crippen LogP contribution >= 0.6 is 0 Å². The van der Waals surface area contributed by atoms with Crippen molar-refractivity contribution in [1.82, 2.24) is 5.48 Å². The predicted molar refractivity (Wildman–Crippen MR) is 21.1 cm³/mol. The normalized spacial score (nSPS) is 12.7. The van der Waals surface area contributed by atoms with Crippen molar-refractivity contribution in [1.29, 1.82) is 0 Å². The van der Waals surface area contributed by atoms with Crippen molar-refractivity contribution < 1.29 is 17.8 Å². The van der Waals surface area contributed by atoms with Crippen molar-refractivity contribution in [3.8, 4) is 0 Å². The first-order valence-electron chi connectivity index (χ1n) is 1.24. The summed E-state index contributed by atoms with van der Waals surface area (Å²) in [6.45, 7) is 0. The van der Waals surface area contributed by atoms with Gasteiger partial charge >= 0.3 is 11.4 Å². The number of carbonyl (C=O) groups is 1. The van der Waals surface area contributed by atoms with E-state index in [1.54, 1.807) is 0 Å². The summed E-state index contributed by atoms with van der Waals surface area (Å²) in [5, 5.41) is 0. The zero-order chi connectivity index (χ0) is 5.70. The van der Waals surface area contributed by atoms with Crippen LogP contribution in [0.15, 0.2) is 0 Å². The molecule has 0 rings (SSSR count). The Morgan fingerprint density at radius 2 is 2.43 bits per heavy atom. The number of hydrogen-bond donors (Lipinski definition) is 2. The number of carbonyl (C=O) groups excluding carboxylic acids is 1. The average Bonchev–Trinajstić information content (AvgIpc) is 1.61. The second-order valence-corrected chi connectivity index (χ2v) is 1.14. The molecule has 0 aromatic rings. The molecule has 0 aliphatic rings. The second-order valence-electron chi connectivity index (χ2n) is 0.536. The molecule has 0 radical (unpaired) electrons. The summed E-state index contributed by atoms with van der Waals surface area (Å²) < 4.78 is 20.7. The molecule has 0 aromatic carbocycles. The molecule has 0 aromatic heterocycles.